The van der Waals surface area contributed by atoms with Crippen LogP contribution in [0, 0.1) is 6.20 Å². The number of hydrogen-bond donors (Lipinski definition) is 0. The molecule has 1 rings (SSSR count). The smallest absolute Gasteiger partial charge is 0.124 e. The first-order valence-corrected chi connectivity index (χ1v) is 3.38. The molecule has 0 aliphatic carbocycles. The first kappa shape index (κ1) is 5.56. The summed E-state index contributed by atoms with van der Waals surface area (Å²) in [4.78, 5) is 7.69. The molecule has 0 aliphatic heterocycles. The fraction of sp³-hybridized carbons (Fsp3) is 0.200. The fourth-order valence-corrected chi connectivity index (χ4v) is 0.664. The van der Waals surface area contributed by atoms with Crippen molar-refractivity contribution in [2.24, 2.45) is 0 Å². The summed E-state index contributed by atoms with van der Waals surface area (Å²) >= 11 is 1.54. The Labute approximate surface area is 52.4 Å². The van der Waals surface area contributed by atoms with E-state index in [0.29, 0.717) is 0 Å². The van der Waals surface area contributed by atoms with Gasteiger partial charge in [-0.2, -0.15) is 0 Å². The summed E-state index contributed by atoms with van der Waals surface area (Å²) in [6, 6.07) is 0. The van der Waals surface area contributed by atoms with Crippen molar-refractivity contribution < 1.29 is 0 Å². The number of thioether (sulfide) groups is 1. The van der Waals surface area contributed by atoms with E-state index in [9.17, 15) is 0 Å². The highest BCUT2D eigenvalue weighted by atomic mass is 32.2. The second kappa shape index (κ2) is 2.67. The Morgan fingerprint density at radius 2 is 2.50 bits per heavy atom. The SMILES string of the molecule is CSc1[c]nccn1. The molecule has 3 heteroatoms. The lowest BCUT2D eigenvalue weighted by Gasteiger charge is -1.86. The molecule has 0 atom stereocenters. The highest BCUT2D eigenvalue weighted by Gasteiger charge is 1.84. The van der Waals surface area contributed by atoms with Crippen LogP contribution < -0.4 is 0 Å². The zero-order valence-electron chi connectivity index (χ0n) is 4.46. The molecular weight excluding hydrogens is 120 g/mol. The Morgan fingerprint density at radius 3 is 2.88 bits per heavy atom. The minimum Gasteiger partial charge on any atom is -0.250 e. The molecule has 0 bridgehead atoms. The second-order valence-electron chi connectivity index (χ2n) is 1.18. The molecule has 41 valence electrons. The van der Waals surface area contributed by atoms with Gasteiger partial charge in [-0.05, 0) is 6.26 Å². The van der Waals surface area contributed by atoms with Gasteiger partial charge in [-0.25, -0.2) is 4.98 Å². The maximum absolute atomic E-state index is 3.94. The highest BCUT2D eigenvalue weighted by molar-refractivity contribution is 7.98. The average molecular weight is 125 g/mol. The van der Waals surface area contributed by atoms with Crippen molar-refractivity contribution in [3.8, 4) is 0 Å². The van der Waals surface area contributed by atoms with E-state index in [2.05, 4.69) is 16.2 Å². The van der Waals surface area contributed by atoms with Crippen molar-refractivity contribution in [1.82, 2.24) is 9.97 Å². The van der Waals surface area contributed by atoms with Crippen LogP contribution >= 0.6 is 11.8 Å². The zero-order valence-corrected chi connectivity index (χ0v) is 5.27. The summed E-state index contributed by atoms with van der Waals surface area (Å²) in [7, 11) is 0. The summed E-state index contributed by atoms with van der Waals surface area (Å²) in [6.07, 6.45) is 7.93. The van der Waals surface area contributed by atoms with Gasteiger partial charge in [0.2, 0.25) is 0 Å². The lowest BCUT2D eigenvalue weighted by molar-refractivity contribution is 1.05. The Balaban J connectivity index is 2.83. The molecule has 0 spiro atoms. The van der Waals surface area contributed by atoms with E-state index < -0.39 is 0 Å². The number of aromatic nitrogens is 2. The second-order valence-corrected chi connectivity index (χ2v) is 1.97. The monoisotopic (exact) mass is 125 g/mol. The summed E-state index contributed by atoms with van der Waals surface area (Å²) < 4.78 is 0. The Kier molecular flexibility index (Phi) is 1.86. The van der Waals surface area contributed by atoms with Gasteiger partial charge in [-0.15, -0.1) is 11.8 Å². The van der Waals surface area contributed by atoms with Crippen LogP contribution in [0.1, 0.15) is 0 Å². The first-order valence-electron chi connectivity index (χ1n) is 2.16. The van der Waals surface area contributed by atoms with Crippen LogP contribution in [0.4, 0.5) is 0 Å². The third-order valence-electron chi connectivity index (χ3n) is 0.687. The van der Waals surface area contributed by atoms with Gasteiger partial charge in [-0.3, -0.25) is 4.98 Å². The molecule has 0 N–H and O–H groups in total. The molecule has 0 fully saturated rings. The van der Waals surface area contributed by atoms with Crippen LogP contribution in [0.3, 0.4) is 0 Å². The summed E-state index contributed by atoms with van der Waals surface area (Å²) in [5.74, 6) is 0. The minimum atomic E-state index is 0.840. The molecule has 8 heavy (non-hydrogen) atoms. The predicted octanol–water partition coefficient (Wildman–Crippen LogP) is 0.999. The van der Waals surface area contributed by atoms with E-state index >= 15 is 0 Å². The minimum absolute atomic E-state index is 0.840. The average Bonchev–Trinajstić information content (AvgIpc) is 1.90. The van der Waals surface area contributed by atoms with Crippen LogP contribution in [0.25, 0.3) is 0 Å². The lowest BCUT2D eigenvalue weighted by atomic mass is 10.8. The number of nitrogens with zero attached hydrogens (tertiary/aromatic N) is 2. The zero-order chi connectivity index (χ0) is 5.82. The van der Waals surface area contributed by atoms with Gasteiger partial charge in [0, 0.05) is 12.4 Å². The molecule has 1 heterocycles. The lowest BCUT2D eigenvalue weighted by Crippen LogP contribution is -1.77. The Morgan fingerprint density at radius 1 is 1.62 bits per heavy atom. The van der Waals surface area contributed by atoms with Crippen molar-refractivity contribution in [3.63, 3.8) is 0 Å². The van der Waals surface area contributed by atoms with E-state index in [1.807, 2.05) is 6.26 Å². The molecule has 0 amide bonds. The van der Waals surface area contributed by atoms with Crippen molar-refractivity contribution in [3.05, 3.63) is 18.6 Å². The third kappa shape index (κ3) is 1.20. The Bertz CT molecular complexity index is 152. The van der Waals surface area contributed by atoms with Crippen molar-refractivity contribution in [1.29, 1.82) is 0 Å². The quantitative estimate of drug-likeness (QED) is 0.524. The molecule has 1 aromatic rings. The van der Waals surface area contributed by atoms with Gasteiger partial charge in [-0.1, -0.05) is 0 Å². The van der Waals surface area contributed by atoms with Gasteiger partial charge in [0.05, 0.1) is 0 Å². The van der Waals surface area contributed by atoms with Crippen molar-refractivity contribution in [2.45, 2.75) is 5.03 Å². The van der Waals surface area contributed by atoms with Gasteiger partial charge in [0.1, 0.15) is 11.2 Å². The van der Waals surface area contributed by atoms with Gasteiger partial charge in [0.25, 0.3) is 0 Å². The molecule has 0 aromatic carbocycles. The summed E-state index contributed by atoms with van der Waals surface area (Å²) in [5.41, 5.74) is 0. The van der Waals surface area contributed by atoms with Crippen molar-refractivity contribution >= 4 is 11.8 Å². The third-order valence-corrected chi connectivity index (χ3v) is 1.27. The number of hydrogen-bond acceptors (Lipinski definition) is 3. The van der Waals surface area contributed by atoms with Crippen LogP contribution in [-0.2, 0) is 0 Å². The molecule has 1 aromatic heterocycles. The maximum atomic E-state index is 3.94. The highest BCUT2D eigenvalue weighted by Crippen LogP contribution is 2.04. The largest absolute Gasteiger partial charge is 0.250 e. The molecule has 0 saturated heterocycles. The van der Waals surface area contributed by atoms with Gasteiger partial charge < -0.3 is 0 Å². The van der Waals surface area contributed by atoms with E-state index in [0.717, 1.165) is 5.03 Å². The molecule has 2 nitrogen and oxygen atoms in total. The topological polar surface area (TPSA) is 25.8 Å². The normalized spacial score (nSPS) is 9.12. The van der Waals surface area contributed by atoms with Crippen LogP contribution in [0.5, 0.6) is 0 Å². The van der Waals surface area contributed by atoms with E-state index in [4.69, 9.17) is 0 Å². The first-order chi connectivity index (χ1) is 3.93. The van der Waals surface area contributed by atoms with E-state index in [-0.39, 0.29) is 0 Å². The van der Waals surface area contributed by atoms with E-state index in [1.54, 1.807) is 12.4 Å². The van der Waals surface area contributed by atoms with Crippen molar-refractivity contribution in [2.75, 3.05) is 6.26 Å². The molecular formula is C5H5N2S. The predicted molar refractivity (Wildman–Crippen MR) is 32.6 cm³/mol. The molecule has 0 aliphatic rings. The maximum Gasteiger partial charge on any atom is 0.124 e. The van der Waals surface area contributed by atoms with Crippen LogP contribution in [0.15, 0.2) is 17.4 Å². The standard InChI is InChI=1S/C5H5N2S/c1-8-5-4-6-2-3-7-5/h2-3H,1H3. The van der Waals surface area contributed by atoms with Gasteiger partial charge >= 0.3 is 0 Å². The molecule has 1 radical (unpaired) electrons. The Hall–Kier alpha value is -0.570. The van der Waals surface area contributed by atoms with Crippen LogP contribution in [0.2, 0.25) is 0 Å². The number of rotatable bonds is 1. The molecule has 0 saturated carbocycles. The van der Waals surface area contributed by atoms with Gasteiger partial charge in [0.15, 0.2) is 0 Å². The van der Waals surface area contributed by atoms with E-state index in [1.165, 1.54) is 11.8 Å². The fourth-order valence-electron chi connectivity index (χ4n) is 0.354. The summed E-state index contributed by atoms with van der Waals surface area (Å²) in [6.45, 7) is 0. The van der Waals surface area contributed by atoms with Crippen LogP contribution in [-0.4, -0.2) is 16.2 Å². The molecule has 0 unspecified atom stereocenters. The summed E-state index contributed by atoms with van der Waals surface area (Å²) in [5, 5.41) is 0.840.